The molecule has 0 N–H and O–H groups in total. The fourth-order valence-electron chi connectivity index (χ4n) is 3.58. The molecule has 0 fully saturated rings. The highest BCUT2D eigenvalue weighted by Crippen LogP contribution is 2.13. The Morgan fingerprint density at radius 3 is 1.31 bits per heavy atom. The molecule has 0 spiro atoms. The second-order valence-corrected chi connectivity index (χ2v) is 9.47. The zero-order valence-electron chi connectivity index (χ0n) is 23.4. The number of carbonyl (C=O) groups excluding carboxylic acids is 1. The Morgan fingerprint density at radius 1 is 0.514 bits per heavy atom. The van der Waals surface area contributed by atoms with Gasteiger partial charge in [-0.15, -0.1) is 0 Å². The van der Waals surface area contributed by atoms with Crippen LogP contribution in [-0.2, 0) is 28.5 Å². The summed E-state index contributed by atoms with van der Waals surface area (Å²) in [5.41, 5.74) is 0. The topological polar surface area (TPSA) is 66.5 Å². The van der Waals surface area contributed by atoms with E-state index in [1.807, 2.05) is 14.1 Å². The maximum Gasteiger partial charge on any atom is 0.305 e. The normalized spacial score (nSPS) is 11.4. The largest absolute Gasteiger partial charge is 0.463 e. The van der Waals surface area contributed by atoms with Gasteiger partial charge in [0.2, 0.25) is 0 Å². The van der Waals surface area contributed by atoms with E-state index in [1.54, 1.807) is 0 Å². The highest BCUT2D eigenvalue weighted by Gasteiger charge is 2.02. The smallest absolute Gasteiger partial charge is 0.305 e. The van der Waals surface area contributed by atoms with Crippen molar-refractivity contribution >= 4 is 5.97 Å². The Bertz CT molecular complexity index is 422. The monoisotopic (exact) mass is 503 g/mol. The second kappa shape index (κ2) is 29.5. The number of carbonyl (C=O) groups is 1. The summed E-state index contributed by atoms with van der Waals surface area (Å²) in [4.78, 5) is 13.9. The molecular weight excluding hydrogens is 446 g/mol. The molecule has 0 aliphatic heterocycles. The molecule has 0 aromatic rings. The lowest BCUT2D eigenvalue weighted by Crippen LogP contribution is -2.19. The van der Waals surface area contributed by atoms with Crippen LogP contribution in [0.2, 0.25) is 0 Å². The summed E-state index contributed by atoms with van der Waals surface area (Å²) in [6, 6.07) is 0. The molecule has 0 rings (SSSR count). The standard InChI is InChI=1S/C28H57NO6/c1-4-5-6-7-8-9-10-11-12-13-14-15-16-17-28(30)35-27-26-34-25-24-33-23-22-32-21-20-31-19-18-29(2)3/h4-27H2,1-3H3. The maximum atomic E-state index is 11.8. The number of ether oxygens (including phenoxy) is 5. The minimum absolute atomic E-state index is 0.115. The van der Waals surface area contributed by atoms with E-state index in [9.17, 15) is 4.79 Å². The number of hydrogen-bond acceptors (Lipinski definition) is 7. The van der Waals surface area contributed by atoms with Gasteiger partial charge in [0.25, 0.3) is 0 Å². The van der Waals surface area contributed by atoms with Gasteiger partial charge >= 0.3 is 5.97 Å². The lowest BCUT2D eigenvalue weighted by Gasteiger charge is -2.10. The van der Waals surface area contributed by atoms with Crippen molar-refractivity contribution in [1.82, 2.24) is 4.90 Å². The van der Waals surface area contributed by atoms with Crippen LogP contribution in [0.1, 0.15) is 96.8 Å². The van der Waals surface area contributed by atoms with Crippen LogP contribution in [0.5, 0.6) is 0 Å². The molecule has 0 aliphatic rings. The van der Waals surface area contributed by atoms with Crippen molar-refractivity contribution in [2.24, 2.45) is 0 Å². The van der Waals surface area contributed by atoms with E-state index in [-0.39, 0.29) is 5.97 Å². The Balaban J connectivity index is 3.15. The van der Waals surface area contributed by atoms with E-state index >= 15 is 0 Å². The molecule has 210 valence electrons. The van der Waals surface area contributed by atoms with Gasteiger partial charge in [0.15, 0.2) is 0 Å². The SMILES string of the molecule is CCCCCCCCCCCCCCCC(=O)OCCOCCOCCOCCOCCN(C)C. The van der Waals surface area contributed by atoms with Crippen molar-refractivity contribution < 1.29 is 28.5 Å². The summed E-state index contributed by atoms with van der Waals surface area (Å²) in [6.45, 7) is 7.91. The predicted octanol–water partition coefficient (Wildman–Crippen LogP) is 5.64. The second-order valence-electron chi connectivity index (χ2n) is 9.47. The van der Waals surface area contributed by atoms with Gasteiger partial charge in [-0.3, -0.25) is 4.79 Å². The molecular formula is C28H57NO6. The van der Waals surface area contributed by atoms with Crippen LogP contribution < -0.4 is 0 Å². The first-order valence-corrected chi connectivity index (χ1v) is 14.3. The van der Waals surface area contributed by atoms with Gasteiger partial charge in [-0.1, -0.05) is 84.0 Å². The third-order valence-electron chi connectivity index (χ3n) is 5.77. The van der Waals surface area contributed by atoms with E-state index in [4.69, 9.17) is 23.7 Å². The molecule has 0 unspecified atom stereocenters. The fraction of sp³-hybridized carbons (Fsp3) is 0.964. The number of esters is 1. The number of hydrogen-bond donors (Lipinski definition) is 0. The van der Waals surface area contributed by atoms with Crippen molar-refractivity contribution in [2.75, 3.05) is 80.1 Å². The van der Waals surface area contributed by atoms with Crippen LogP contribution in [0, 0.1) is 0 Å². The molecule has 0 aliphatic carbocycles. The first-order chi connectivity index (χ1) is 17.2. The average Bonchev–Trinajstić information content (AvgIpc) is 2.84. The minimum Gasteiger partial charge on any atom is -0.463 e. The molecule has 0 amide bonds. The van der Waals surface area contributed by atoms with Gasteiger partial charge in [-0.2, -0.15) is 0 Å². The summed E-state index contributed by atoms with van der Waals surface area (Å²) >= 11 is 0. The molecule has 0 atom stereocenters. The highest BCUT2D eigenvalue weighted by atomic mass is 16.6. The summed E-state index contributed by atoms with van der Waals surface area (Å²) in [5.74, 6) is -0.115. The van der Waals surface area contributed by atoms with Gasteiger partial charge in [0, 0.05) is 13.0 Å². The van der Waals surface area contributed by atoms with Crippen LogP contribution >= 0.6 is 0 Å². The number of rotatable bonds is 29. The van der Waals surface area contributed by atoms with Crippen LogP contribution in [0.15, 0.2) is 0 Å². The van der Waals surface area contributed by atoms with Crippen molar-refractivity contribution in [2.45, 2.75) is 96.8 Å². The van der Waals surface area contributed by atoms with Crippen LogP contribution in [-0.4, -0.2) is 91.0 Å². The fourth-order valence-corrected chi connectivity index (χ4v) is 3.58. The molecule has 0 heterocycles. The van der Waals surface area contributed by atoms with Gasteiger partial charge in [0.05, 0.1) is 52.9 Å². The zero-order chi connectivity index (χ0) is 25.7. The van der Waals surface area contributed by atoms with Crippen LogP contribution in [0.3, 0.4) is 0 Å². The third-order valence-corrected chi connectivity index (χ3v) is 5.77. The summed E-state index contributed by atoms with van der Waals surface area (Å²) in [6.07, 6.45) is 17.5. The molecule has 0 aromatic heterocycles. The van der Waals surface area contributed by atoms with E-state index < -0.39 is 0 Å². The van der Waals surface area contributed by atoms with Crippen molar-refractivity contribution in [1.29, 1.82) is 0 Å². The Hall–Kier alpha value is -0.730. The highest BCUT2D eigenvalue weighted by molar-refractivity contribution is 5.69. The van der Waals surface area contributed by atoms with Gasteiger partial charge in [-0.25, -0.2) is 0 Å². The Morgan fingerprint density at radius 2 is 0.886 bits per heavy atom. The van der Waals surface area contributed by atoms with Crippen molar-refractivity contribution in [3.8, 4) is 0 Å². The zero-order valence-corrected chi connectivity index (χ0v) is 23.4. The van der Waals surface area contributed by atoms with E-state index in [0.29, 0.717) is 59.3 Å². The van der Waals surface area contributed by atoms with Gasteiger partial charge < -0.3 is 28.6 Å². The molecule has 0 aromatic carbocycles. The average molecular weight is 504 g/mol. The molecule has 0 bridgehead atoms. The molecule has 0 saturated heterocycles. The Kier molecular flexibility index (Phi) is 28.9. The lowest BCUT2D eigenvalue weighted by molar-refractivity contribution is -0.145. The van der Waals surface area contributed by atoms with Crippen LogP contribution in [0.4, 0.5) is 0 Å². The Labute approximate surface area is 216 Å². The van der Waals surface area contributed by atoms with Crippen LogP contribution in [0.25, 0.3) is 0 Å². The number of likely N-dealkylation sites (N-methyl/N-ethyl adjacent to an activating group) is 1. The third kappa shape index (κ3) is 31.2. The minimum atomic E-state index is -0.115. The first kappa shape index (κ1) is 34.3. The van der Waals surface area contributed by atoms with Gasteiger partial charge in [-0.05, 0) is 20.5 Å². The van der Waals surface area contributed by atoms with Crippen molar-refractivity contribution in [3.63, 3.8) is 0 Å². The van der Waals surface area contributed by atoms with E-state index in [1.165, 1.54) is 70.6 Å². The number of unbranched alkanes of at least 4 members (excludes halogenated alkanes) is 12. The summed E-state index contributed by atoms with van der Waals surface area (Å²) in [7, 11) is 4.05. The van der Waals surface area contributed by atoms with E-state index in [0.717, 1.165) is 26.0 Å². The first-order valence-electron chi connectivity index (χ1n) is 14.3. The predicted molar refractivity (Wildman–Crippen MR) is 143 cm³/mol. The number of nitrogens with zero attached hydrogens (tertiary/aromatic N) is 1. The lowest BCUT2D eigenvalue weighted by atomic mass is 10.0. The molecule has 0 radical (unpaired) electrons. The maximum absolute atomic E-state index is 11.8. The molecule has 7 nitrogen and oxygen atoms in total. The molecule has 0 saturated carbocycles. The van der Waals surface area contributed by atoms with Crippen molar-refractivity contribution in [3.05, 3.63) is 0 Å². The summed E-state index contributed by atoms with van der Waals surface area (Å²) in [5, 5.41) is 0. The van der Waals surface area contributed by atoms with E-state index in [2.05, 4.69) is 11.8 Å². The summed E-state index contributed by atoms with van der Waals surface area (Å²) < 4.78 is 27.0. The molecule has 7 heteroatoms. The van der Waals surface area contributed by atoms with Gasteiger partial charge in [0.1, 0.15) is 6.61 Å². The molecule has 35 heavy (non-hydrogen) atoms. The quantitative estimate of drug-likeness (QED) is 0.0967.